The van der Waals surface area contributed by atoms with Crippen LogP contribution in [0.1, 0.15) is 23.3 Å². The molecule has 0 aliphatic rings. The van der Waals surface area contributed by atoms with Gasteiger partial charge in [0.15, 0.2) is 5.69 Å². The zero-order chi connectivity index (χ0) is 9.52. The number of nitrogens with zero attached hydrogens (tertiary/aromatic N) is 2. The highest BCUT2D eigenvalue weighted by Crippen LogP contribution is 1.93. The first kappa shape index (κ1) is 9.26. The average Bonchev–Trinajstić information content (AvgIpc) is 2.65. The van der Waals surface area contributed by atoms with Gasteiger partial charge in [0.05, 0.1) is 6.07 Å². The Kier molecular flexibility index (Phi) is 3.51. The molecule has 0 aliphatic heterocycles. The summed E-state index contributed by atoms with van der Waals surface area (Å²) in [4.78, 5) is 11.2. The number of carbonyl (C=O) groups excluding carboxylic acids is 1. The molecule has 0 spiro atoms. The second-order valence-corrected chi connectivity index (χ2v) is 2.40. The lowest BCUT2D eigenvalue weighted by molar-refractivity contribution is 0.0944. The van der Waals surface area contributed by atoms with E-state index in [2.05, 4.69) is 15.0 Å². The van der Waals surface area contributed by atoms with Gasteiger partial charge in [-0.2, -0.15) is 5.26 Å². The fourth-order valence-corrected chi connectivity index (χ4v) is 0.790. The van der Waals surface area contributed by atoms with Crippen molar-refractivity contribution < 1.29 is 9.32 Å². The minimum atomic E-state index is -0.272. The first-order valence-corrected chi connectivity index (χ1v) is 3.90. The number of amides is 1. The summed E-state index contributed by atoms with van der Waals surface area (Å²) in [5.41, 5.74) is 0.261. The number of hydrogen-bond donors (Lipinski definition) is 1. The summed E-state index contributed by atoms with van der Waals surface area (Å²) in [5, 5.41) is 14.3. The molecule has 1 rings (SSSR count). The SMILES string of the molecule is N#CCCCNC(=O)c1ccon1. The van der Waals surface area contributed by atoms with Gasteiger partial charge in [0, 0.05) is 19.0 Å². The Morgan fingerprint density at radius 3 is 3.23 bits per heavy atom. The summed E-state index contributed by atoms with van der Waals surface area (Å²) < 4.78 is 4.50. The van der Waals surface area contributed by atoms with Crippen LogP contribution in [0.25, 0.3) is 0 Å². The molecule has 68 valence electrons. The maximum atomic E-state index is 11.2. The van der Waals surface area contributed by atoms with E-state index in [-0.39, 0.29) is 11.6 Å². The normalized spacial score (nSPS) is 9.15. The summed E-state index contributed by atoms with van der Waals surface area (Å²) in [6.45, 7) is 0.485. The van der Waals surface area contributed by atoms with Crippen molar-refractivity contribution in [3.8, 4) is 6.07 Å². The summed E-state index contributed by atoms with van der Waals surface area (Å²) >= 11 is 0. The Balaban J connectivity index is 2.24. The van der Waals surface area contributed by atoms with Gasteiger partial charge in [0.2, 0.25) is 0 Å². The largest absolute Gasteiger partial charge is 0.364 e. The van der Waals surface area contributed by atoms with Crippen LogP contribution in [0.2, 0.25) is 0 Å². The van der Waals surface area contributed by atoms with E-state index in [4.69, 9.17) is 5.26 Å². The summed E-state index contributed by atoms with van der Waals surface area (Å²) in [5.74, 6) is -0.272. The Morgan fingerprint density at radius 2 is 2.62 bits per heavy atom. The van der Waals surface area contributed by atoms with E-state index in [9.17, 15) is 4.79 Å². The number of aromatic nitrogens is 1. The third-order valence-electron chi connectivity index (χ3n) is 1.42. The standard InChI is InChI=1S/C8H9N3O2/c9-4-1-2-5-10-8(12)7-3-6-13-11-7/h3,6H,1-2,5H2,(H,10,12). The molecule has 0 aliphatic carbocycles. The topological polar surface area (TPSA) is 78.9 Å². The van der Waals surface area contributed by atoms with Crippen LogP contribution in [0.3, 0.4) is 0 Å². The molecule has 5 nitrogen and oxygen atoms in total. The van der Waals surface area contributed by atoms with Gasteiger partial charge in [-0.25, -0.2) is 0 Å². The van der Waals surface area contributed by atoms with Crippen molar-refractivity contribution in [1.29, 1.82) is 5.26 Å². The van der Waals surface area contributed by atoms with E-state index >= 15 is 0 Å². The van der Waals surface area contributed by atoms with Gasteiger partial charge in [-0.1, -0.05) is 5.16 Å². The first-order chi connectivity index (χ1) is 6.34. The molecule has 1 N–H and O–H groups in total. The number of unbranched alkanes of at least 4 members (excludes halogenated alkanes) is 1. The van der Waals surface area contributed by atoms with Crippen molar-refractivity contribution in [1.82, 2.24) is 10.5 Å². The van der Waals surface area contributed by atoms with E-state index < -0.39 is 0 Å². The molecule has 0 radical (unpaired) electrons. The lowest BCUT2D eigenvalue weighted by Gasteiger charge is -1.98. The fraction of sp³-hybridized carbons (Fsp3) is 0.375. The van der Waals surface area contributed by atoms with E-state index in [1.54, 1.807) is 0 Å². The third-order valence-corrected chi connectivity index (χ3v) is 1.42. The van der Waals surface area contributed by atoms with Crippen molar-refractivity contribution in [2.75, 3.05) is 6.54 Å². The predicted octanol–water partition coefficient (Wildman–Crippen LogP) is 0.708. The minimum absolute atomic E-state index is 0.261. The maximum Gasteiger partial charge on any atom is 0.273 e. The van der Waals surface area contributed by atoms with Crippen LogP contribution in [0.5, 0.6) is 0 Å². The molecule has 0 saturated heterocycles. The maximum absolute atomic E-state index is 11.2. The zero-order valence-electron chi connectivity index (χ0n) is 6.99. The van der Waals surface area contributed by atoms with Crippen molar-refractivity contribution in [3.63, 3.8) is 0 Å². The van der Waals surface area contributed by atoms with Gasteiger partial charge in [0.1, 0.15) is 6.26 Å². The number of carbonyl (C=O) groups is 1. The number of nitrogens with one attached hydrogen (secondary N) is 1. The fourth-order valence-electron chi connectivity index (χ4n) is 0.790. The highest BCUT2D eigenvalue weighted by Gasteiger charge is 2.06. The van der Waals surface area contributed by atoms with Crippen LogP contribution in [-0.4, -0.2) is 17.6 Å². The van der Waals surface area contributed by atoms with Crippen LogP contribution >= 0.6 is 0 Å². The van der Waals surface area contributed by atoms with Crippen molar-refractivity contribution in [2.45, 2.75) is 12.8 Å². The molecule has 0 saturated carbocycles. The lowest BCUT2D eigenvalue weighted by atomic mass is 10.3. The van der Waals surface area contributed by atoms with Gasteiger partial charge in [-0.3, -0.25) is 4.79 Å². The van der Waals surface area contributed by atoms with Gasteiger partial charge in [-0.15, -0.1) is 0 Å². The summed E-state index contributed by atoms with van der Waals surface area (Å²) in [7, 11) is 0. The summed E-state index contributed by atoms with van der Waals surface area (Å²) in [6, 6.07) is 3.48. The van der Waals surface area contributed by atoms with Gasteiger partial charge in [-0.05, 0) is 6.42 Å². The van der Waals surface area contributed by atoms with Crippen LogP contribution < -0.4 is 5.32 Å². The van der Waals surface area contributed by atoms with Crippen LogP contribution in [0.4, 0.5) is 0 Å². The molecule has 0 unspecified atom stereocenters. The zero-order valence-corrected chi connectivity index (χ0v) is 6.99. The predicted molar refractivity (Wildman–Crippen MR) is 43.7 cm³/mol. The van der Waals surface area contributed by atoms with E-state index in [0.29, 0.717) is 19.4 Å². The monoisotopic (exact) mass is 179 g/mol. The van der Waals surface area contributed by atoms with Gasteiger partial charge >= 0.3 is 0 Å². The highest BCUT2D eigenvalue weighted by molar-refractivity contribution is 5.91. The van der Waals surface area contributed by atoms with Crippen molar-refractivity contribution >= 4 is 5.91 Å². The van der Waals surface area contributed by atoms with E-state index in [1.165, 1.54) is 12.3 Å². The van der Waals surface area contributed by atoms with E-state index in [0.717, 1.165) is 0 Å². The molecule has 0 bridgehead atoms. The van der Waals surface area contributed by atoms with Crippen molar-refractivity contribution in [2.24, 2.45) is 0 Å². The number of rotatable bonds is 4. The molecule has 5 heteroatoms. The van der Waals surface area contributed by atoms with Gasteiger partial charge < -0.3 is 9.84 Å². The molecular formula is C8H9N3O2. The molecule has 13 heavy (non-hydrogen) atoms. The Labute approximate surface area is 75.3 Å². The molecule has 1 aromatic heterocycles. The number of nitriles is 1. The lowest BCUT2D eigenvalue weighted by Crippen LogP contribution is -2.24. The Hall–Kier alpha value is -1.83. The van der Waals surface area contributed by atoms with Gasteiger partial charge in [0.25, 0.3) is 5.91 Å². The Morgan fingerprint density at radius 1 is 1.77 bits per heavy atom. The smallest absolute Gasteiger partial charge is 0.273 e. The quantitative estimate of drug-likeness (QED) is 0.690. The second-order valence-electron chi connectivity index (χ2n) is 2.40. The molecular weight excluding hydrogens is 170 g/mol. The third kappa shape index (κ3) is 2.95. The number of hydrogen-bond acceptors (Lipinski definition) is 4. The molecule has 0 fully saturated rings. The minimum Gasteiger partial charge on any atom is -0.364 e. The highest BCUT2D eigenvalue weighted by atomic mass is 16.5. The first-order valence-electron chi connectivity index (χ1n) is 3.90. The van der Waals surface area contributed by atoms with Crippen LogP contribution in [0.15, 0.2) is 16.9 Å². The van der Waals surface area contributed by atoms with Crippen LogP contribution in [0, 0.1) is 11.3 Å². The Bertz CT molecular complexity index is 300. The summed E-state index contributed by atoms with van der Waals surface area (Å²) in [6.07, 6.45) is 2.43. The molecule has 0 aromatic carbocycles. The molecule has 1 heterocycles. The van der Waals surface area contributed by atoms with Crippen molar-refractivity contribution in [3.05, 3.63) is 18.0 Å². The average molecular weight is 179 g/mol. The molecule has 0 atom stereocenters. The van der Waals surface area contributed by atoms with Crippen LogP contribution in [-0.2, 0) is 0 Å². The molecule has 1 amide bonds. The van der Waals surface area contributed by atoms with E-state index in [1.807, 2.05) is 6.07 Å². The molecule has 1 aromatic rings. The second kappa shape index (κ2) is 4.93.